The number of amides is 1. The van der Waals surface area contributed by atoms with Gasteiger partial charge in [-0.3, -0.25) is 10.1 Å². The van der Waals surface area contributed by atoms with Crippen molar-refractivity contribution in [1.82, 2.24) is 10.2 Å². The van der Waals surface area contributed by atoms with Gasteiger partial charge in [-0.05, 0) is 48.4 Å². The second-order valence-electron chi connectivity index (χ2n) is 6.67. The lowest BCUT2D eigenvalue weighted by atomic mass is 10.1. The SMILES string of the molecule is COc1ccc(Cc2nnc(NC(=O)CCCS(=O)(=O)c3ccc(OC)cc3)o2)cc1. The number of hydrogen-bond acceptors (Lipinski definition) is 8. The lowest BCUT2D eigenvalue weighted by molar-refractivity contribution is -0.116. The molecule has 3 aromatic rings. The monoisotopic (exact) mass is 445 g/mol. The molecule has 31 heavy (non-hydrogen) atoms. The molecule has 0 spiro atoms. The minimum atomic E-state index is -3.49. The molecule has 0 aliphatic heterocycles. The van der Waals surface area contributed by atoms with Crippen molar-refractivity contribution in [3.63, 3.8) is 0 Å². The normalized spacial score (nSPS) is 11.2. The number of nitrogens with one attached hydrogen (secondary N) is 1. The van der Waals surface area contributed by atoms with Crippen molar-refractivity contribution < 1.29 is 27.1 Å². The van der Waals surface area contributed by atoms with E-state index in [1.165, 1.54) is 19.2 Å². The van der Waals surface area contributed by atoms with Gasteiger partial charge < -0.3 is 13.9 Å². The molecule has 0 atom stereocenters. The summed E-state index contributed by atoms with van der Waals surface area (Å²) >= 11 is 0. The summed E-state index contributed by atoms with van der Waals surface area (Å²) in [5, 5.41) is 10.2. The molecular weight excluding hydrogens is 422 g/mol. The van der Waals surface area contributed by atoms with E-state index in [4.69, 9.17) is 13.9 Å². The molecule has 0 bridgehead atoms. The number of aromatic nitrogens is 2. The standard InChI is InChI=1S/C21H23N3O6S/c1-28-16-7-5-15(6-8-16)14-20-23-24-21(30-20)22-19(25)4-3-13-31(26,27)18-11-9-17(29-2)10-12-18/h5-12H,3-4,13-14H2,1-2H3,(H,22,24,25). The zero-order valence-electron chi connectivity index (χ0n) is 17.2. The highest BCUT2D eigenvalue weighted by Gasteiger charge is 2.16. The number of carbonyl (C=O) groups excluding carboxylic acids is 1. The Kier molecular flexibility index (Phi) is 7.24. The first kappa shape index (κ1) is 22.3. The molecule has 0 saturated carbocycles. The second kappa shape index (κ2) is 10.1. The highest BCUT2D eigenvalue weighted by molar-refractivity contribution is 7.91. The third kappa shape index (κ3) is 6.29. The number of methoxy groups -OCH3 is 2. The third-order valence-electron chi connectivity index (χ3n) is 4.46. The molecule has 9 nitrogen and oxygen atoms in total. The van der Waals surface area contributed by atoms with Crippen molar-refractivity contribution >= 4 is 21.8 Å². The van der Waals surface area contributed by atoms with Crippen LogP contribution in [0.5, 0.6) is 11.5 Å². The van der Waals surface area contributed by atoms with Gasteiger partial charge in [0.2, 0.25) is 11.8 Å². The Hall–Kier alpha value is -3.40. The molecule has 10 heteroatoms. The van der Waals surface area contributed by atoms with Crippen molar-refractivity contribution in [1.29, 1.82) is 0 Å². The van der Waals surface area contributed by atoms with Crippen LogP contribution in [0, 0.1) is 0 Å². The van der Waals surface area contributed by atoms with Gasteiger partial charge in [-0.2, -0.15) is 0 Å². The van der Waals surface area contributed by atoms with Crippen LogP contribution < -0.4 is 14.8 Å². The number of rotatable bonds is 10. The summed E-state index contributed by atoms with van der Waals surface area (Å²) in [7, 11) is -0.384. The summed E-state index contributed by atoms with van der Waals surface area (Å²) < 4.78 is 40.3. The van der Waals surface area contributed by atoms with Crippen LogP contribution in [0.1, 0.15) is 24.3 Å². The van der Waals surface area contributed by atoms with Crippen LogP contribution in [0.2, 0.25) is 0 Å². The van der Waals surface area contributed by atoms with Crippen molar-refractivity contribution in [2.45, 2.75) is 24.2 Å². The predicted octanol–water partition coefficient (Wildman–Crippen LogP) is 2.87. The lowest BCUT2D eigenvalue weighted by Gasteiger charge is -2.05. The van der Waals surface area contributed by atoms with Crippen LogP contribution in [0.25, 0.3) is 0 Å². The highest BCUT2D eigenvalue weighted by atomic mass is 32.2. The van der Waals surface area contributed by atoms with Gasteiger partial charge in [0, 0.05) is 6.42 Å². The minimum absolute atomic E-state index is 0.00553. The third-order valence-corrected chi connectivity index (χ3v) is 6.28. The Labute approximate surface area is 180 Å². The topological polar surface area (TPSA) is 121 Å². The summed E-state index contributed by atoms with van der Waals surface area (Å²) in [5.74, 6) is 1.12. The number of anilines is 1. The van der Waals surface area contributed by atoms with E-state index >= 15 is 0 Å². The average molecular weight is 445 g/mol. The molecule has 1 amide bonds. The van der Waals surface area contributed by atoms with Crippen molar-refractivity contribution in [2.75, 3.05) is 25.3 Å². The summed E-state index contributed by atoms with van der Waals surface area (Å²) in [6.45, 7) is 0. The Morgan fingerprint density at radius 3 is 2.19 bits per heavy atom. The number of nitrogens with zero attached hydrogens (tertiary/aromatic N) is 2. The average Bonchev–Trinajstić information content (AvgIpc) is 3.20. The molecule has 0 aliphatic carbocycles. The first-order chi connectivity index (χ1) is 14.9. The molecule has 1 heterocycles. The van der Waals surface area contributed by atoms with Crippen molar-refractivity contribution in [3.05, 3.63) is 60.0 Å². The Balaban J connectivity index is 1.47. The summed E-state index contributed by atoms with van der Waals surface area (Å²) in [5.41, 5.74) is 0.950. The molecule has 3 rings (SSSR count). The van der Waals surface area contributed by atoms with Crippen LogP contribution in [-0.4, -0.2) is 44.5 Å². The number of carbonyl (C=O) groups is 1. The molecule has 0 radical (unpaired) electrons. The number of benzene rings is 2. The van der Waals surface area contributed by atoms with Gasteiger partial charge in [-0.25, -0.2) is 8.42 Å². The number of ether oxygens (including phenoxy) is 2. The fourth-order valence-corrected chi connectivity index (χ4v) is 4.11. The Bertz CT molecular complexity index is 1110. The molecule has 0 unspecified atom stereocenters. The molecule has 0 aliphatic rings. The first-order valence-corrected chi connectivity index (χ1v) is 11.2. The maximum atomic E-state index is 12.4. The second-order valence-corrected chi connectivity index (χ2v) is 8.78. The van der Waals surface area contributed by atoms with Gasteiger partial charge in [0.1, 0.15) is 11.5 Å². The molecule has 0 saturated heterocycles. The van der Waals surface area contributed by atoms with Crippen molar-refractivity contribution in [3.8, 4) is 11.5 Å². The van der Waals surface area contributed by atoms with Gasteiger partial charge in [-0.1, -0.05) is 17.2 Å². The van der Waals surface area contributed by atoms with Gasteiger partial charge in [-0.15, -0.1) is 5.10 Å². The van der Waals surface area contributed by atoms with Crippen LogP contribution in [0.3, 0.4) is 0 Å². The predicted molar refractivity (Wildman–Crippen MR) is 113 cm³/mol. The highest BCUT2D eigenvalue weighted by Crippen LogP contribution is 2.18. The van der Waals surface area contributed by atoms with Gasteiger partial charge in [0.15, 0.2) is 9.84 Å². The molecular formula is C21H23N3O6S. The van der Waals surface area contributed by atoms with Gasteiger partial charge >= 0.3 is 6.01 Å². The summed E-state index contributed by atoms with van der Waals surface area (Å²) in [6, 6.07) is 13.5. The van der Waals surface area contributed by atoms with E-state index in [1.807, 2.05) is 24.3 Å². The van der Waals surface area contributed by atoms with E-state index in [1.54, 1.807) is 19.2 Å². The molecule has 1 N–H and O–H groups in total. The van der Waals surface area contributed by atoms with Crippen molar-refractivity contribution in [2.24, 2.45) is 0 Å². The first-order valence-electron chi connectivity index (χ1n) is 9.51. The zero-order valence-corrected chi connectivity index (χ0v) is 18.0. The Morgan fingerprint density at radius 2 is 1.58 bits per heavy atom. The molecule has 0 fully saturated rings. The fourth-order valence-electron chi connectivity index (χ4n) is 2.80. The molecule has 164 valence electrons. The van der Waals surface area contributed by atoms with E-state index in [0.717, 1.165) is 11.3 Å². The van der Waals surface area contributed by atoms with Gasteiger partial charge in [0.25, 0.3) is 0 Å². The van der Waals surface area contributed by atoms with Crippen LogP contribution in [0.15, 0.2) is 57.8 Å². The molecule has 2 aromatic carbocycles. The maximum Gasteiger partial charge on any atom is 0.322 e. The Morgan fingerprint density at radius 1 is 0.968 bits per heavy atom. The number of sulfone groups is 1. The van der Waals surface area contributed by atoms with E-state index in [-0.39, 0.29) is 29.5 Å². The zero-order chi connectivity index (χ0) is 22.3. The largest absolute Gasteiger partial charge is 0.497 e. The van der Waals surface area contributed by atoms with Gasteiger partial charge in [0.05, 0.1) is 31.3 Å². The minimum Gasteiger partial charge on any atom is -0.497 e. The molecule has 1 aromatic heterocycles. The lowest BCUT2D eigenvalue weighted by Crippen LogP contribution is -2.14. The van der Waals surface area contributed by atoms with E-state index in [2.05, 4.69) is 15.5 Å². The van der Waals surface area contributed by atoms with E-state index < -0.39 is 15.7 Å². The number of hydrogen-bond donors (Lipinski definition) is 1. The van der Waals surface area contributed by atoms with Crippen LogP contribution >= 0.6 is 0 Å². The summed E-state index contributed by atoms with van der Waals surface area (Å²) in [4.78, 5) is 12.3. The quantitative estimate of drug-likeness (QED) is 0.506. The smallest absolute Gasteiger partial charge is 0.322 e. The fraction of sp³-hybridized carbons (Fsp3) is 0.286. The maximum absolute atomic E-state index is 12.4. The van der Waals surface area contributed by atoms with E-state index in [0.29, 0.717) is 18.1 Å². The van der Waals surface area contributed by atoms with Crippen LogP contribution in [-0.2, 0) is 21.1 Å². The van der Waals surface area contributed by atoms with E-state index in [9.17, 15) is 13.2 Å². The van der Waals surface area contributed by atoms with Crippen LogP contribution in [0.4, 0.5) is 6.01 Å². The summed E-state index contributed by atoms with van der Waals surface area (Å²) in [6.07, 6.45) is 0.575.